The van der Waals surface area contributed by atoms with Gasteiger partial charge in [0, 0.05) is 22.9 Å². The highest BCUT2D eigenvalue weighted by atomic mass is 32.1. The number of thiazole rings is 1. The molecule has 0 atom stereocenters. The first-order valence-corrected chi connectivity index (χ1v) is 12.6. The lowest BCUT2D eigenvalue weighted by atomic mass is 10.1. The third-order valence-electron chi connectivity index (χ3n) is 5.87. The first-order valence-electron chi connectivity index (χ1n) is 11.8. The summed E-state index contributed by atoms with van der Waals surface area (Å²) in [6.07, 6.45) is 1.40. The molecule has 0 saturated heterocycles. The van der Waals surface area contributed by atoms with Crippen molar-refractivity contribution in [2.24, 2.45) is 0 Å². The zero-order valence-corrected chi connectivity index (χ0v) is 22.1. The molecular formula is C29H23FN4O4S. The van der Waals surface area contributed by atoms with Gasteiger partial charge in [0.2, 0.25) is 0 Å². The van der Waals surface area contributed by atoms with Crippen LogP contribution in [0.4, 0.5) is 15.9 Å². The fourth-order valence-corrected chi connectivity index (χ4v) is 4.56. The number of benzene rings is 3. The van der Waals surface area contributed by atoms with E-state index in [2.05, 4.69) is 15.3 Å². The Bertz CT molecular complexity index is 1690. The van der Waals surface area contributed by atoms with E-state index in [9.17, 15) is 4.79 Å². The molecule has 3 aromatic carbocycles. The molecule has 2 heterocycles. The molecule has 196 valence electrons. The van der Waals surface area contributed by atoms with Crippen molar-refractivity contribution in [2.45, 2.75) is 0 Å². The molecule has 0 aliphatic rings. The predicted octanol–water partition coefficient (Wildman–Crippen LogP) is 6.77. The van der Waals surface area contributed by atoms with Crippen LogP contribution < -0.4 is 14.8 Å². The van der Waals surface area contributed by atoms with E-state index in [-0.39, 0.29) is 0 Å². The highest BCUT2D eigenvalue weighted by molar-refractivity contribution is 7.16. The van der Waals surface area contributed by atoms with Gasteiger partial charge in [0.1, 0.15) is 16.2 Å². The predicted molar refractivity (Wildman–Crippen MR) is 150 cm³/mol. The molecule has 2 aromatic heterocycles. The maximum atomic E-state index is 15.2. The Kier molecular flexibility index (Phi) is 7.46. The lowest BCUT2D eigenvalue weighted by Crippen LogP contribution is -2.00. The van der Waals surface area contributed by atoms with Crippen molar-refractivity contribution in [3.63, 3.8) is 0 Å². The summed E-state index contributed by atoms with van der Waals surface area (Å²) in [5.74, 6) is 1.22. The van der Waals surface area contributed by atoms with E-state index in [0.717, 1.165) is 5.69 Å². The van der Waals surface area contributed by atoms with Gasteiger partial charge in [-0.05, 0) is 42.0 Å². The summed E-state index contributed by atoms with van der Waals surface area (Å²) in [6, 6.07) is 18.9. The quantitative estimate of drug-likeness (QED) is 0.170. The molecule has 39 heavy (non-hydrogen) atoms. The van der Waals surface area contributed by atoms with E-state index in [1.54, 1.807) is 74.3 Å². The highest BCUT2D eigenvalue weighted by Gasteiger charge is 2.15. The normalized spacial score (nSPS) is 11.3. The Balaban J connectivity index is 1.46. The SMILES string of the molecule is COC(=O)c1ccc(/C=C(\F)c2cccc(-c3nc(Nc4ccc(OC)c(OC)c4)c4ncsc4n3)c2)cc1. The molecule has 0 fully saturated rings. The number of rotatable bonds is 8. The number of carbonyl (C=O) groups excluding carboxylic acids is 1. The monoisotopic (exact) mass is 542 g/mol. The fourth-order valence-electron chi connectivity index (χ4n) is 3.90. The van der Waals surface area contributed by atoms with Crippen molar-refractivity contribution < 1.29 is 23.4 Å². The summed E-state index contributed by atoms with van der Waals surface area (Å²) in [6.45, 7) is 0. The topological polar surface area (TPSA) is 95.5 Å². The lowest BCUT2D eigenvalue weighted by Gasteiger charge is -2.12. The molecule has 1 N–H and O–H groups in total. The summed E-state index contributed by atoms with van der Waals surface area (Å²) in [5.41, 5.74) is 5.06. The molecule has 8 nitrogen and oxygen atoms in total. The number of nitrogens with one attached hydrogen (secondary N) is 1. The van der Waals surface area contributed by atoms with Crippen LogP contribution in [-0.4, -0.2) is 42.3 Å². The second-order valence-corrected chi connectivity index (χ2v) is 9.12. The molecular weight excluding hydrogens is 519 g/mol. The molecule has 0 aliphatic heterocycles. The zero-order valence-electron chi connectivity index (χ0n) is 21.3. The molecule has 10 heteroatoms. The fraction of sp³-hybridized carbons (Fsp3) is 0.103. The number of fused-ring (bicyclic) bond motifs is 1. The molecule has 5 aromatic rings. The van der Waals surface area contributed by atoms with Crippen molar-refractivity contribution in [2.75, 3.05) is 26.6 Å². The number of methoxy groups -OCH3 is 3. The van der Waals surface area contributed by atoms with Gasteiger partial charge in [-0.1, -0.05) is 30.3 Å². The summed E-state index contributed by atoms with van der Waals surface area (Å²) in [5, 5.41) is 3.30. The summed E-state index contributed by atoms with van der Waals surface area (Å²) in [7, 11) is 4.46. The van der Waals surface area contributed by atoms with Gasteiger partial charge in [0.05, 0.1) is 32.4 Å². The Hall–Kier alpha value is -4.83. The lowest BCUT2D eigenvalue weighted by molar-refractivity contribution is 0.0600. The van der Waals surface area contributed by atoms with E-state index in [1.807, 2.05) is 12.1 Å². The van der Waals surface area contributed by atoms with Crippen LogP contribution in [0, 0.1) is 0 Å². The standard InChI is InChI=1S/C29H23FN4O4S/c1-36-23-12-11-21(15-24(23)37-2)32-27-25-28(39-16-31-25)34-26(33-27)20-6-4-5-19(14-20)22(30)13-17-7-9-18(10-8-17)29(35)38-3/h4-16H,1-3H3,(H,32,33,34)/b22-13-. The molecule has 0 unspecified atom stereocenters. The van der Waals surface area contributed by atoms with Crippen molar-refractivity contribution >= 4 is 51.1 Å². The van der Waals surface area contributed by atoms with E-state index in [1.165, 1.54) is 24.5 Å². The number of anilines is 2. The van der Waals surface area contributed by atoms with E-state index in [0.29, 0.717) is 55.7 Å². The average molecular weight is 543 g/mol. The minimum absolute atomic E-state index is 0.368. The van der Waals surface area contributed by atoms with Crippen LogP contribution in [0.25, 0.3) is 33.6 Å². The second-order valence-electron chi connectivity index (χ2n) is 8.28. The number of carbonyl (C=O) groups is 1. The van der Waals surface area contributed by atoms with E-state index in [4.69, 9.17) is 19.2 Å². The third-order valence-corrected chi connectivity index (χ3v) is 6.58. The number of hydrogen-bond acceptors (Lipinski definition) is 9. The van der Waals surface area contributed by atoms with E-state index < -0.39 is 11.8 Å². The zero-order chi connectivity index (χ0) is 27.4. The van der Waals surface area contributed by atoms with Crippen LogP contribution in [0.2, 0.25) is 0 Å². The number of esters is 1. The highest BCUT2D eigenvalue weighted by Crippen LogP contribution is 2.34. The molecule has 5 rings (SSSR count). The molecule has 0 bridgehead atoms. The van der Waals surface area contributed by atoms with Crippen molar-refractivity contribution in [3.8, 4) is 22.9 Å². The molecule has 0 saturated carbocycles. The second kappa shape index (κ2) is 11.3. The van der Waals surface area contributed by atoms with Gasteiger partial charge in [-0.25, -0.2) is 24.1 Å². The van der Waals surface area contributed by atoms with Crippen LogP contribution in [0.1, 0.15) is 21.5 Å². The summed E-state index contributed by atoms with van der Waals surface area (Å²) in [4.78, 5) is 26.1. The van der Waals surface area contributed by atoms with Crippen LogP contribution in [0.3, 0.4) is 0 Å². The maximum absolute atomic E-state index is 15.2. The van der Waals surface area contributed by atoms with Gasteiger partial charge in [0.15, 0.2) is 23.1 Å². The molecule has 0 aliphatic carbocycles. The van der Waals surface area contributed by atoms with Gasteiger partial charge >= 0.3 is 5.97 Å². The number of aromatic nitrogens is 3. The molecule has 0 radical (unpaired) electrons. The van der Waals surface area contributed by atoms with Crippen LogP contribution in [-0.2, 0) is 4.74 Å². The van der Waals surface area contributed by atoms with Crippen LogP contribution in [0.15, 0.2) is 72.2 Å². The summed E-state index contributed by atoms with van der Waals surface area (Å²) >= 11 is 1.39. The van der Waals surface area contributed by atoms with Crippen molar-refractivity contribution in [1.29, 1.82) is 0 Å². The van der Waals surface area contributed by atoms with Gasteiger partial charge in [-0.3, -0.25) is 0 Å². The number of halogens is 1. The number of ether oxygens (including phenoxy) is 3. The molecule has 0 spiro atoms. The van der Waals surface area contributed by atoms with E-state index >= 15 is 4.39 Å². The van der Waals surface area contributed by atoms with Crippen molar-refractivity contribution in [3.05, 3.63) is 88.9 Å². The van der Waals surface area contributed by atoms with Gasteiger partial charge in [-0.15, -0.1) is 11.3 Å². The minimum atomic E-state index is -0.448. The van der Waals surface area contributed by atoms with Gasteiger partial charge < -0.3 is 19.5 Å². The Labute approximate surface area is 227 Å². The van der Waals surface area contributed by atoms with Crippen molar-refractivity contribution in [1.82, 2.24) is 15.0 Å². The van der Waals surface area contributed by atoms with Crippen LogP contribution >= 0.6 is 11.3 Å². The van der Waals surface area contributed by atoms with Crippen LogP contribution in [0.5, 0.6) is 11.5 Å². The van der Waals surface area contributed by atoms with Gasteiger partial charge in [-0.2, -0.15) is 0 Å². The molecule has 0 amide bonds. The Morgan fingerprint density at radius 1 is 0.923 bits per heavy atom. The first-order chi connectivity index (χ1) is 19.0. The smallest absolute Gasteiger partial charge is 0.337 e. The number of nitrogens with zero attached hydrogens (tertiary/aromatic N) is 3. The average Bonchev–Trinajstić information content (AvgIpc) is 3.46. The van der Waals surface area contributed by atoms with Gasteiger partial charge in [0.25, 0.3) is 0 Å². The summed E-state index contributed by atoms with van der Waals surface area (Å²) < 4.78 is 30.7. The minimum Gasteiger partial charge on any atom is -0.493 e. The largest absolute Gasteiger partial charge is 0.493 e. The Morgan fingerprint density at radius 2 is 1.72 bits per heavy atom. The number of hydrogen-bond donors (Lipinski definition) is 1. The maximum Gasteiger partial charge on any atom is 0.337 e. The third kappa shape index (κ3) is 5.55. The first kappa shape index (κ1) is 25.8. The Morgan fingerprint density at radius 3 is 2.46 bits per heavy atom.